The van der Waals surface area contributed by atoms with Gasteiger partial charge in [-0.15, -0.1) is 0 Å². The van der Waals surface area contributed by atoms with Crippen LogP contribution in [-0.2, 0) is 9.59 Å². The molecule has 130 valence electrons. The Morgan fingerprint density at radius 1 is 0.960 bits per heavy atom. The number of rotatable bonds is 5. The molecule has 1 atom stereocenters. The maximum atomic E-state index is 12.8. The number of anilines is 1. The molecule has 0 unspecified atom stereocenters. The maximum Gasteiger partial charge on any atom is 0.241 e. The summed E-state index contributed by atoms with van der Waals surface area (Å²) in [6, 6.07) is 14.3. The zero-order valence-electron chi connectivity index (χ0n) is 14.6. The van der Waals surface area contributed by atoms with E-state index in [1.807, 2.05) is 38.1 Å². The molecule has 0 saturated carbocycles. The summed E-state index contributed by atoms with van der Waals surface area (Å²) in [5, 5.41) is 0. The zero-order valence-corrected chi connectivity index (χ0v) is 14.6. The monoisotopic (exact) mass is 339 g/mol. The first-order chi connectivity index (χ1) is 12.0. The van der Waals surface area contributed by atoms with Gasteiger partial charge in [0.25, 0.3) is 0 Å². The fraction of sp³-hybridized carbons (Fsp3) is 0.300. The predicted molar refractivity (Wildman–Crippen MR) is 95.1 cm³/mol. The third-order valence-electron chi connectivity index (χ3n) is 4.13. The van der Waals surface area contributed by atoms with E-state index in [0.717, 1.165) is 11.3 Å². The highest BCUT2D eigenvalue weighted by atomic mass is 16.5. The Bertz CT molecular complexity index is 765. The van der Waals surface area contributed by atoms with Gasteiger partial charge in [0.05, 0.1) is 24.8 Å². The Morgan fingerprint density at radius 2 is 1.56 bits per heavy atom. The highest BCUT2D eigenvalue weighted by Crippen LogP contribution is 2.34. The molecule has 1 aliphatic heterocycles. The summed E-state index contributed by atoms with van der Waals surface area (Å²) in [5.74, 6) is 0.584. The first-order valence-corrected chi connectivity index (χ1v) is 8.27. The van der Waals surface area contributed by atoms with Crippen LogP contribution in [0.1, 0.15) is 31.7 Å². The fourth-order valence-electron chi connectivity index (χ4n) is 2.95. The van der Waals surface area contributed by atoms with Crippen molar-refractivity contribution in [3.8, 4) is 11.5 Å². The molecule has 0 aromatic heterocycles. The molecule has 2 aromatic rings. The number of methoxy groups -OCH3 is 1. The van der Waals surface area contributed by atoms with E-state index in [2.05, 4.69) is 0 Å². The highest BCUT2D eigenvalue weighted by molar-refractivity contribution is 6.22. The van der Waals surface area contributed by atoms with Crippen LogP contribution in [0.15, 0.2) is 48.5 Å². The van der Waals surface area contributed by atoms with Crippen LogP contribution in [0.25, 0.3) is 0 Å². The van der Waals surface area contributed by atoms with E-state index in [1.54, 1.807) is 31.4 Å². The SMILES string of the molecule is COc1ccc(N2C(=O)C[C@H](c3ccc(OC(C)C)cc3)C2=O)cc1. The van der Waals surface area contributed by atoms with Gasteiger partial charge >= 0.3 is 0 Å². The van der Waals surface area contributed by atoms with Gasteiger partial charge in [-0.05, 0) is 55.8 Å². The highest BCUT2D eigenvalue weighted by Gasteiger charge is 2.40. The summed E-state index contributed by atoms with van der Waals surface area (Å²) in [4.78, 5) is 26.4. The molecular weight excluding hydrogens is 318 g/mol. The summed E-state index contributed by atoms with van der Waals surface area (Å²) in [6.45, 7) is 3.92. The third kappa shape index (κ3) is 3.50. The van der Waals surface area contributed by atoms with Crippen LogP contribution in [0.4, 0.5) is 5.69 Å². The van der Waals surface area contributed by atoms with Crippen LogP contribution >= 0.6 is 0 Å². The molecule has 1 aliphatic rings. The number of nitrogens with zero attached hydrogens (tertiary/aromatic N) is 1. The number of hydrogen-bond acceptors (Lipinski definition) is 4. The van der Waals surface area contributed by atoms with Gasteiger partial charge in [0, 0.05) is 6.42 Å². The largest absolute Gasteiger partial charge is 0.497 e. The van der Waals surface area contributed by atoms with Gasteiger partial charge in [-0.2, -0.15) is 0 Å². The molecule has 0 radical (unpaired) electrons. The maximum absolute atomic E-state index is 12.8. The van der Waals surface area contributed by atoms with Crippen molar-refractivity contribution in [1.82, 2.24) is 0 Å². The van der Waals surface area contributed by atoms with Crippen molar-refractivity contribution in [3.05, 3.63) is 54.1 Å². The average molecular weight is 339 g/mol. The summed E-state index contributed by atoms with van der Waals surface area (Å²) in [7, 11) is 1.57. The van der Waals surface area contributed by atoms with E-state index in [1.165, 1.54) is 4.90 Å². The van der Waals surface area contributed by atoms with E-state index in [4.69, 9.17) is 9.47 Å². The Balaban J connectivity index is 1.80. The topological polar surface area (TPSA) is 55.8 Å². The molecule has 0 bridgehead atoms. The lowest BCUT2D eigenvalue weighted by molar-refractivity contribution is -0.121. The van der Waals surface area contributed by atoms with Crippen molar-refractivity contribution in [2.24, 2.45) is 0 Å². The number of hydrogen-bond donors (Lipinski definition) is 0. The first kappa shape index (κ1) is 17.0. The van der Waals surface area contributed by atoms with Gasteiger partial charge in [0.2, 0.25) is 11.8 Å². The lowest BCUT2D eigenvalue weighted by Crippen LogP contribution is -2.29. The molecule has 3 rings (SSSR count). The molecule has 1 saturated heterocycles. The van der Waals surface area contributed by atoms with E-state index in [9.17, 15) is 9.59 Å². The second kappa shape index (κ2) is 6.97. The van der Waals surface area contributed by atoms with Crippen LogP contribution in [0.5, 0.6) is 11.5 Å². The Morgan fingerprint density at radius 3 is 2.12 bits per heavy atom. The number of amides is 2. The summed E-state index contributed by atoms with van der Waals surface area (Å²) >= 11 is 0. The van der Waals surface area contributed by atoms with E-state index < -0.39 is 5.92 Å². The van der Waals surface area contributed by atoms with E-state index in [-0.39, 0.29) is 24.3 Å². The molecule has 0 aliphatic carbocycles. The van der Waals surface area contributed by atoms with Crippen LogP contribution in [0.2, 0.25) is 0 Å². The van der Waals surface area contributed by atoms with Crippen molar-refractivity contribution in [2.75, 3.05) is 12.0 Å². The summed E-state index contributed by atoms with van der Waals surface area (Å²) < 4.78 is 10.7. The van der Waals surface area contributed by atoms with Gasteiger partial charge in [-0.1, -0.05) is 12.1 Å². The molecule has 5 nitrogen and oxygen atoms in total. The van der Waals surface area contributed by atoms with Crippen LogP contribution in [0, 0.1) is 0 Å². The number of carbonyl (C=O) groups is 2. The molecule has 1 fully saturated rings. The molecule has 25 heavy (non-hydrogen) atoms. The van der Waals surface area contributed by atoms with Gasteiger partial charge in [-0.3, -0.25) is 14.5 Å². The minimum absolute atomic E-state index is 0.0890. The minimum atomic E-state index is -0.456. The number of carbonyl (C=O) groups excluding carboxylic acids is 2. The normalized spacial score (nSPS) is 17.3. The van der Waals surface area contributed by atoms with Gasteiger partial charge in [-0.25, -0.2) is 0 Å². The molecule has 0 N–H and O–H groups in total. The lowest BCUT2D eigenvalue weighted by atomic mass is 9.97. The molecule has 5 heteroatoms. The number of ether oxygens (including phenoxy) is 2. The summed E-state index contributed by atoms with van der Waals surface area (Å²) in [5.41, 5.74) is 1.39. The molecule has 2 amide bonds. The number of benzene rings is 2. The predicted octanol–water partition coefficient (Wildman–Crippen LogP) is 3.53. The smallest absolute Gasteiger partial charge is 0.241 e. The van der Waals surface area contributed by atoms with E-state index in [0.29, 0.717) is 11.4 Å². The molecule has 2 aromatic carbocycles. The number of imide groups is 1. The Hall–Kier alpha value is -2.82. The second-order valence-corrected chi connectivity index (χ2v) is 6.26. The molecule has 0 spiro atoms. The van der Waals surface area contributed by atoms with Crippen LogP contribution in [0.3, 0.4) is 0 Å². The Labute approximate surface area is 147 Å². The quantitative estimate of drug-likeness (QED) is 0.782. The van der Waals surface area contributed by atoms with Crippen molar-refractivity contribution in [2.45, 2.75) is 32.3 Å². The van der Waals surface area contributed by atoms with Gasteiger partial charge < -0.3 is 9.47 Å². The molecular formula is C20H21NO4. The van der Waals surface area contributed by atoms with Crippen molar-refractivity contribution in [3.63, 3.8) is 0 Å². The lowest BCUT2D eigenvalue weighted by Gasteiger charge is -2.16. The molecule has 1 heterocycles. The van der Waals surface area contributed by atoms with Gasteiger partial charge in [0.15, 0.2) is 0 Å². The standard InChI is InChI=1S/C20H21NO4/c1-13(2)25-17-8-4-14(5-9-17)18-12-19(22)21(20(18)23)15-6-10-16(24-3)11-7-15/h4-11,13,18H,12H2,1-3H3/t18-/m1/s1. The van der Waals surface area contributed by atoms with Gasteiger partial charge in [0.1, 0.15) is 11.5 Å². The Kier molecular flexibility index (Phi) is 4.74. The zero-order chi connectivity index (χ0) is 18.0. The first-order valence-electron chi connectivity index (χ1n) is 8.27. The minimum Gasteiger partial charge on any atom is -0.497 e. The van der Waals surface area contributed by atoms with Crippen LogP contribution in [-0.4, -0.2) is 25.0 Å². The van der Waals surface area contributed by atoms with Crippen molar-refractivity contribution >= 4 is 17.5 Å². The average Bonchev–Trinajstić information content (AvgIpc) is 2.90. The van der Waals surface area contributed by atoms with Crippen molar-refractivity contribution in [1.29, 1.82) is 0 Å². The van der Waals surface area contributed by atoms with E-state index >= 15 is 0 Å². The summed E-state index contributed by atoms with van der Waals surface area (Å²) in [6.07, 6.45) is 0.265. The third-order valence-corrected chi connectivity index (χ3v) is 4.13. The van der Waals surface area contributed by atoms with Crippen molar-refractivity contribution < 1.29 is 19.1 Å². The fourth-order valence-corrected chi connectivity index (χ4v) is 2.95. The van der Waals surface area contributed by atoms with Crippen LogP contribution < -0.4 is 14.4 Å². The second-order valence-electron chi connectivity index (χ2n) is 6.26.